The summed E-state index contributed by atoms with van der Waals surface area (Å²) in [5.41, 5.74) is 2.52. The summed E-state index contributed by atoms with van der Waals surface area (Å²) in [6.45, 7) is 0.149. The molecule has 2 aromatic carbocycles. The lowest BCUT2D eigenvalue weighted by Gasteiger charge is -2.39. The molecule has 1 aliphatic rings. The van der Waals surface area contributed by atoms with Crippen molar-refractivity contribution in [2.75, 3.05) is 14.2 Å². The number of carbonyl (C=O) groups is 2. The van der Waals surface area contributed by atoms with Crippen LogP contribution in [0.1, 0.15) is 40.9 Å². The van der Waals surface area contributed by atoms with Crippen molar-refractivity contribution in [1.82, 2.24) is 14.8 Å². The zero-order valence-electron chi connectivity index (χ0n) is 22.4. The van der Waals surface area contributed by atoms with E-state index in [0.29, 0.717) is 31.4 Å². The minimum absolute atomic E-state index is 0.0127. The monoisotopic (exact) mass is 599 g/mol. The molecule has 5 rings (SSSR count). The Bertz CT molecular complexity index is 1590. The molecule has 214 valence electrons. The van der Waals surface area contributed by atoms with Crippen molar-refractivity contribution >= 4 is 45.0 Å². The Morgan fingerprint density at radius 1 is 1.07 bits per heavy atom. The van der Waals surface area contributed by atoms with Crippen molar-refractivity contribution < 1.29 is 28.2 Å². The van der Waals surface area contributed by atoms with Gasteiger partial charge in [-0.3, -0.25) is 9.78 Å². The summed E-state index contributed by atoms with van der Waals surface area (Å²) in [6.07, 6.45) is 4.65. The largest absolute Gasteiger partial charge is 0.496 e. The van der Waals surface area contributed by atoms with Crippen LogP contribution in [-0.2, 0) is 6.54 Å². The molecule has 2 aromatic heterocycles. The second kappa shape index (κ2) is 12.0. The van der Waals surface area contributed by atoms with Crippen molar-refractivity contribution in [2.45, 2.75) is 44.3 Å². The molecule has 2 amide bonds. The molecule has 4 aromatic rings. The highest BCUT2D eigenvalue weighted by molar-refractivity contribution is 7.21. The highest BCUT2D eigenvalue weighted by Crippen LogP contribution is 2.41. The first-order chi connectivity index (χ1) is 19.7. The highest BCUT2D eigenvalue weighted by atomic mass is 35.5. The van der Waals surface area contributed by atoms with Gasteiger partial charge in [-0.05, 0) is 61.6 Å². The Labute approximate surface area is 244 Å². The van der Waals surface area contributed by atoms with Gasteiger partial charge in [0.05, 0.1) is 22.2 Å². The van der Waals surface area contributed by atoms with E-state index in [9.17, 15) is 23.5 Å². The third-order valence-corrected chi connectivity index (χ3v) is 9.39. The third kappa shape index (κ3) is 5.71. The smallest absolute Gasteiger partial charge is 0.407 e. The number of methoxy groups -OCH3 is 1. The molecule has 0 bridgehead atoms. The van der Waals surface area contributed by atoms with E-state index in [2.05, 4.69) is 4.98 Å². The van der Waals surface area contributed by atoms with E-state index in [1.54, 1.807) is 31.5 Å². The Morgan fingerprint density at radius 2 is 1.78 bits per heavy atom. The van der Waals surface area contributed by atoms with Gasteiger partial charge in [0.1, 0.15) is 22.3 Å². The van der Waals surface area contributed by atoms with Crippen LogP contribution in [0, 0.1) is 11.6 Å². The highest BCUT2D eigenvalue weighted by Gasteiger charge is 2.34. The van der Waals surface area contributed by atoms with Crippen LogP contribution in [0.5, 0.6) is 5.75 Å². The number of carboxylic acid groups (broad SMARTS) is 1. The summed E-state index contributed by atoms with van der Waals surface area (Å²) >= 11 is 7.36. The third-order valence-electron chi connectivity index (χ3n) is 7.71. The molecule has 11 heteroatoms. The molecule has 7 nitrogen and oxygen atoms in total. The topological polar surface area (TPSA) is 83.0 Å². The molecule has 0 unspecified atom stereocenters. The van der Waals surface area contributed by atoms with Gasteiger partial charge in [-0.15, -0.1) is 11.3 Å². The summed E-state index contributed by atoms with van der Waals surface area (Å²) in [4.78, 5) is 32.9. The van der Waals surface area contributed by atoms with Crippen LogP contribution >= 0.6 is 22.9 Å². The number of nitrogens with zero attached hydrogens (tertiary/aromatic N) is 3. The van der Waals surface area contributed by atoms with E-state index in [1.807, 2.05) is 30.3 Å². The number of benzene rings is 2. The van der Waals surface area contributed by atoms with Gasteiger partial charge in [0.15, 0.2) is 0 Å². The maximum absolute atomic E-state index is 14.7. The van der Waals surface area contributed by atoms with Crippen LogP contribution in [0.2, 0.25) is 5.02 Å². The van der Waals surface area contributed by atoms with Gasteiger partial charge in [-0.2, -0.15) is 0 Å². The van der Waals surface area contributed by atoms with Crippen molar-refractivity contribution in [3.8, 4) is 16.9 Å². The number of hydrogen-bond donors (Lipinski definition) is 1. The predicted octanol–water partition coefficient (Wildman–Crippen LogP) is 7.47. The molecule has 0 radical (unpaired) electrons. The second-order valence-corrected chi connectivity index (χ2v) is 11.4. The average Bonchev–Trinajstić information content (AvgIpc) is 3.35. The summed E-state index contributed by atoms with van der Waals surface area (Å²) in [6, 6.07) is 11.0. The maximum atomic E-state index is 14.7. The molecule has 0 saturated heterocycles. The lowest BCUT2D eigenvalue weighted by atomic mass is 9.89. The minimum Gasteiger partial charge on any atom is -0.496 e. The van der Waals surface area contributed by atoms with Crippen LogP contribution in [0.15, 0.2) is 54.9 Å². The Hall–Kier alpha value is -3.76. The normalized spacial score (nSPS) is 16.9. The van der Waals surface area contributed by atoms with Gasteiger partial charge in [-0.25, -0.2) is 13.6 Å². The molecule has 1 fully saturated rings. The van der Waals surface area contributed by atoms with Crippen LogP contribution in [0.25, 0.3) is 21.2 Å². The number of halogens is 3. The van der Waals surface area contributed by atoms with Gasteiger partial charge in [0.25, 0.3) is 5.91 Å². The number of hydrogen-bond acceptors (Lipinski definition) is 5. The number of fused-ring (bicyclic) bond motifs is 1. The van der Waals surface area contributed by atoms with E-state index in [4.69, 9.17) is 16.3 Å². The zero-order chi connectivity index (χ0) is 29.3. The summed E-state index contributed by atoms with van der Waals surface area (Å²) in [5, 5.41) is 9.21. The van der Waals surface area contributed by atoms with Crippen LogP contribution in [0.4, 0.5) is 13.6 Å². The fourth-order valence-electron chi connectivity index (χ4n) is 5.44. The van der Waals surface area contributed by atoms with Crippen molar-refractivity contribution in [3.63, 3.8) is 0 Å². The summed E-state index contributed by atoms with van der Waals surface area (Å²) < 4.78 is 34.9. The van der Waals surface area contributed by atoms with Gasteiger partial charge < -0.3 is 19.6 Å². The molecular formula is C30H28ClF2N3O4S. The van der Waals surface area contributed by atoms with Gasteiger partial charge in [-0.1, -0.05) is 23.7 Å². The quantitative estimate of drug-likeness (QED) is 0.238. The summed E-state index contributed by atoms with van der Waals surface area (Å²) in [7, 11) is 3.10. The second-order valence-electron chi connectivity index (χ2n) is 10.0. The SMILES string of the molecule is COc1ccc(-c2cccnc2)cc1CN(C(=O)c1sc2c(F)ccc(F)c2c1Cl)C1CCC(N(C)C(=O)O)CC1. The number of thiophene rings is 1. The minimum atomic E-state index is -1.00. The Morgan fingerprint density at radius 3 is 2.41 bits per heavy atom. The molecule has 0 aliphatic heterocycles. The van der Waals surface area contributed by atoms with Crippen molar-refractivity contribution in [1.29, 1.82) is 0 Å². The van der Waals surface area contributed by atoms with Crippen molar-refractivity contribution in [2.24, 2.45) is 0 Å². The Balaban J connectivity index is 1.54. The predicted molar refractivity (Wildman–Crippen MR) is 155 cm³/mol. The van der Waals surface area contributed by atoms with Crippen LogP contribution in [-0.4, -0.2) is 58.1 Å². The fourth-order valence-corrected chi connectivity index (χ4v) is 6.95. The number of amides is 2. The van der Waals surface area contributed by atoms with Gasteiger partial charge in [0.2, 0.25) is 0 Å². The molecule has 1 N–H and O–H groups in total. The number of pyridine rings is 1. The van der Waals surface area contributed by atoms with E-state index in [1.165, 1.54) is 4.90 Å². The van der Waals surface area contributed by atoms with Gasteiger partial charge >= 0.3 is 6.09 Å². The number of ether oxygens (including phenoxy) is 1. The lowest BCUT2D eigenvalue weighted by molar-refractivity contribution is 0.0555. The van der Waals surface area contributed by atoms with E-state index in [-0.39, 0.29) is 38.6 Å². The first-order valence-corrected chi connectivity index (χ1v) is 14.3. The van der Waals surface area contributed by atoms with E-state index < -0.39 is 23.6 Å². The number of aromatic nitrogens is 1. The molecule has 41 heavy (non-hydrogen) atoms. The number of carbonyl (C=O) groups excluding carboxylic acids is 1. The lowest BCUT2D eigenvalue weighted by Crippen LogP contribution is -2.46. The van der Waals surface area contributed by atoms with E-state index >= 15 is 0 Å². The standard InChI is InChI=1S/C30H28ClF2N3O4S/c1-35(30(38)39)20-6-8-21(9-7-20)36(29(37)28-26(31)25-22(32)10-11-23(33)27(25)41-28)16-19-14-17(5-12-24(19)40-2)18-4-3-13-34-15-18/h3-5,10-15,20-21H,6-9,16H2,1-2H3,(H,38,39). The maximum Gasteiger partial charge on any atom is 0.407 e. The fraction of sp³-hybridized carbons (Fsp3) is 0.300. The van der Waals surface area contributed by atoms with E-state index in [0.717, 1.165) is 40.2 Å². The zero-order valence-corrected chi connectivity index (χ0v) is 24.0. The number of rotatable bonds is 7. The Kier molecular flexibility index (Phi) is 8.42. The van der Waals surface area contributed by atoms with Crippen molar-refractivity contribution in [3.05, 3.63) is 82.0 Å². The molecule has 1 saturated carbocycles. The molecule has 0 atom stereocenters. The molecule has 2 heterocycles. The molecular weight excluding hydrogens is 572 g/mol. The van der Waals surface area contributed by atoms with Crippen LogP contribution in [0.3, 0.4) is 0 Å². The average molecular weight is 600 g/mol. The molecule has 0 spiro atoms. The molecule has 1 aliphatic carbocycles. The van der Waals surface area contributed by atoms with Crippen LogP contribution < -0.4 is 4.74 Å². The first kappa shape index (κ1) is 28.8. The van der Waals surface area contributed by atoms with Gasteiger partial charge in [0, 0.05) is 49.2 Å². The summed E-state index contributed by atoms with van der Waals surface area (Å²) in [5.74, 6) is -1.22. The first-order valence-electron chi connectivity index (χ1n) is 13.1.